The normalized spacial score (nSPS) is 14.4. The minimum Gasteiger partial charge on any atom is -0.336 e. The molecule has 4 aromatic rings. The van der Waals surface area contributed by atoms with E-state index in [0.717, 1.165) is 55.4 Å². The number of amides is 1. The second-order valence-corrected chi connectivity index (χ2v) is 8.48. The van der Waals surface area contributed by atoms with E-state index in [1.54, 1.807) is 0 Å². The van der Waals surface area contributed by atoms with Crippen molar-refractivity contribution in [2.45, 2.75) is 13.5 Å². The molecule has 0 radical (unpaired) electrons. The number of piperazine rings is 1. The van der Waals surface area contributed by atoms with Crippen molar-refractivity contribution in [3.8, 4) is 16.9 Å². The zero-order valence-corrected chi connectivity index (χ0v) is 18.9. The van der Waals surface area contributed by atoms with Gasteiger partial charge in [-0.1, -0.05) is 78.9 Å². The minimum atomic E-state index is 0.0629. The lowest BCUT2D eigenvalue weighted by molar-refractivity contribution is 0.0628. The van der Waals surface area contributed by atoms with Crippen LogP contribution in [0.3, 0.4) is 0 Å². The van der Waals surface area contributed by atoms with Gasteiger partial charge in [-0.3, -0.25) is 9.69 Å². The Balaban J connectivity index is 1.41. The van der Waals surface area contributed by atoms with Gasteiger partial charge in [-0.25, -0.2) is 4.68 Å². The fraction of sp³-hybridized carbons (Fsp3) is 0.214. The highest BCUT2D eigenvalue weighted by atomic mass is 16.2. The number of benzene rings is 3. The number of carbonyl (C=O) groups is 1. The highest BCUT2D eigenvalue weighted by Gasteiger charge is 2.29. The van der Waals surface area contributed by atoms with E-state index in [-0.39, 0.29) is 5.91 Å². The molecule has 0 spiro atoms. The molecule has 0 aliphatic carbocycles. The van der Waals surface area contributed by atoms with Crippen molar-refractivity contribution in [3.63, 3.8) is 0 Å². The van der Waals surface area contributed by atoms with Gasteiger partial charge in [0.15, 0.2) is 0 Å². The maximum atomic E-state index is 13.8. The van der Waals surface area contributed by atoms with Crippen LogP contribution in [0.5, 0.6) is 0 Å². The Morgan fingerprint density at radius 2 is 1.36 bits per heavy atom. The Hall–Kier alpha value is -3.70. The van der Waals surface area contributed by atoms with E-state index >= 15 is 0 Å². The maximum absolute atomic E-state index is 13.8. The summed E-state index contributed by atoms with van der Waals surface area (Å²) >= 11 is 0. The third-order valence-electron chi connectivity index (χ3n) is 6.29. The third-order valence-corrected chi connectivity index (χ3v) is 6.29. The van der Waals surface area contributed by atoms with Gasteiger partial charge in [0, 0.05) is 38.3 Å². The summed E-state index contributed by atoms with van der Waals surface area (Å²) in [5.74, 6) is 0.0629. The van der Waals surface area contributed by atoms with Gasteiger partial charge in [-0.15, -0.1) is 0 Å². The van der Waals surface area contributed by atoms with Crippen molar-refractivity contribution in [1.82, 2.24) is 19.6 Å². The Labute approximate surface area is 194 Å². The third kappa shape index (κ3) is 4.45. The zero-order chi connectivity index (χ0) is 22.6. The molecule has 0 atom stereocenters. The van der Waals surface area contributed by atoms with Crippen LogP contribution in [0, 0.1) is 6.92 Å². The molecule has 5 heteroatoms. The smallest absolute Gasteiger partial charge is 0.258 e. The number of hydrogen-bond acceptors (Lipinski definition) is 3. The number of aromatic nitrogens is 2. The van der Waals surface area contributed by atoms with Gasteiger partial charge in [0.05, 0.1) is 16.9 Å². The molecule has 166 valence electrons. The molecule has 33 heavy (non-hydrogen) atoms. The largest absolute Gasteiger partial charge is 0.336 e. The molecular weight excluding hydrogens is 408 g/mol. The van der Waals surface area contributed by atoms with Crippen molar-refractivity contribution in [2.75, 3.05) is 26.2 Å². The first kappa shape index (κ1) is 21.2. The number of nitrogens with zero attached hydrogens (tertiary/aromatic N) is 4. The lowest BCUT2D eigenvalue weighted by Gasteiger charge is -2.35. The molecule has 2 heterocycles. The molecule has 1 aliphatic rings. The van der Waals surface area contributed by atoms with Crippen LogP contribution in [0.25, 0.3) is 16.9 Å². The molecule has 1 aliphatic heterocycles. The molecule has 0 N–H and O–H groups in total. The standard InChI is InChI=1S/C28H28N4O/c1-22-26(28(33)31-19-17-30(18-20-31)21-23-11-5-2-6-12-23)27(24-13-7-3-8-14-24)29-32(22)25-15-9-4-10-16-25/h2-16H,17-21H2,1H3. The molecule has 0 unspecified atom stereocenters. The Morgan fingerprint density at radius 1 is 0.788 bits per heavy atom. The van der Waals surface area contributed by atoms with E-state index < -0.39 is 0 Å². The summed E-state index contributed by atoms with van der Waals surface area (Å²) in [7, 11) is 0. The van der Waals surface area contributed by atoms with Crippen LogP contribution in [-0.2, 0) is 6.54 Å². The lowest BCUT2D eigenvalue weighted by atomic mass is 10.0. The Kier molecular flexibility index (Phi) is 6.05. The van der Waals surface area contributed by atoms with Crippen LogP contribution < -0.4 is 0 Å². The van der Waals surface area contributed by atoms with Gasteiger partial charge in [-0.2, -0.15) is 5.10 Å². The van der Waals surface area contributed by atoms with Crippen molar-refractivity contribution in [2.24, 2.45) is 0 Å². The molecule has 5 rings (SSSR count). The molecule has 1 aromatic heterocycles. The van der Waals surface area contributed by atoms with Gasteiger partial charge in [0.2, 0.25) is 0 Å². The molecule has 3 aromatic carbocycles. The summed E-state index contributed by atoms with van der Waals surface area (Å²) < 4.78 is 1.89. The molecule has 1 fully saturated rings. The topological polar surface area (TPSA) is 41.4 Å². The van der Waals surface area contributed by atoms with E-state index in [1.165, 1.54) is 5.56 Å². The monoisotopic (exact) mass is 436 g/mol. The van der Waals surface area contributed by atoms with E-state index in [4.69, 9.17) is 5.10 Å². The quantitative estimate of drug-likeness (QED) is 0.451. The number of para-hydroxylation sites is 1. The number of carbonyl (C=O) groups excluding carboxylic acids is 1. The lowest BCUT2D eigenvalue weighted by Crippen LogP contribution is -2.48. The summed E-state index contributed by atoms with van der Waals surface area (Å²) in [6.07, 6.45) is 0. The Morgan fingerprint density at radius 3 is 2.00 bits per heavy atom. The minimum absolute atomic E-state index is 0.0629. The summed E-state index contributed by atoms with van der Waals surface area (Å²) in [6, 6.07) is 30.5. The van der Waals surface area contributed by atoms with Gasteiger partial charge < -0.3 is 4.90 Å². The fourth-order valence-corrected chi connectivity index (χ4v) is 4.49. The van der Waals surface area contributed by atoms with Crippen LogP contribution >= 0.6 is 0 Å². The second kappa shape index (κ2) is 9.43. The van der Waals surface area contributed by atoms with Crippen LogP contribution in [0.15, 0.2) is 91.0 Å². The summed E-state index contributed by atoms with van der Waals surface area (Å²) in [4.78, 5) is 18.2. The van der Waals surface area contributed by atoms with Crippen molar-refractivity contribution >= 4 is 5.91 Å². The van der Waals surface area contributed by atoms with Gasteiger partial charge in [0.1, 0.15) is 5.69 Å². The van der Waals surface area contributed by atoms with Gasteiger partial charge in [0.25, 0.3) is 5.91 Å². The molecule has 0 bridgehead atoms. The van der Waals surface area contributed by atoms with E-state index in [9.17, 15) is 4.79 Å². The molecule has 1 saturated heterocycles. The van der Waals surface area contributed by atoms with Crippen molar-refractivity contribution < 1.29 is 4.79 Å². The summed E-state index contributed by atoms with van der Waals surface area (Å²) in [5, 5.41) is 4.90. The maximum Gasteiger partial charge on any atom is 0.258 e. The summed E-state index contributed by atoms with van der Waals surface area (Å²) in [5.41, 5.74) is 5.54. The predicted octanol–water partition coefficient (Wildman–Crippen LogP) is 4.81. The highest BCUT2D eigenvalue weighted by Crippen LogP contribution is 2.29. The number of rotatable bonds is 5. The van der Waals surface area contributed by atoms with Crippen molar-refractivity contribution in [3.05, 3.63) is 108 Å². The molecule has 1 amide bonds. The summed E-state index contributed by atoms with van der Waals surface area (Å²) in [6.45, 7) is 6.08. The molecule has 0 saturated carbocycles. The van der Waals surface area contributed by atoms with Crippen LogP contribution in [0.1, 0.15) is 21.6 Å². The molecular formula is C28H28N4O. The first-order chi connectivity index (χ1) is 16.2. The van der Waals surface area contributed by atoms with Crippen LogP contribution in [0.2, 0.25) is 0 Å². The van der Waals surface area contributed by atoms with E-state index in [0.29, 0.717) is 5.56 Å². The van der Waals surface area contributed by atoms with Gasteiger partial charge >= 0.3 is 0 Å². The van der Waals surface area contributed by atoms with Crippen LogP contribution in [0.4, 0.5) is 0 Å². The first-order valence-electron chi connectivity index (χ1n) is 11.5. The van der Waals surface area contributed by atoms with E-state index in [2.05, 4.69) is 29.2 Å². The first-order valence-corrected chi connectivity index (χ1v) is 11.5. The zero-order valence-electron chi connectivity index (χ0n) is 18.9. The van der Waals surface area contributed by atoms with Crippen LogP contribution in [-0.4, -0.2) is 51.7 Å². The average Bonchev–Trinajstić information content (AvgIpc) is 3.23. The van der Waals surface area contributed by atoms with Crippen molar-refractivity contribution in [1.29, 1.82) is 0 Å². The van der Waals surface area contributed by atoms with E-state index in [1.807, 2.05) is 83.2 Å². The SMILES string of the molecule is Cc1c(C(=O)N2CCN(Cc3ccccc3)CC2)c(-c2ccccc2)nn1-c1ccccc1. The fourth-order valence-electron chi connectivity index (χ4n) is 4.49. The average molecular weight is 437 g/mol. The Bertz CT molecular complexity index is 1210. The number of hydrogen-bond donors (Lipinski definition) is 0. The second-order valence-electron chi connectivity index (χ2n) is 8.48. The van der Waals surface area contributed by atoms with Gasteiger partial charge in [-0.05, 0) is 24.6 Å². The molecule has 5 nitrogen and oxygen atoms in total. The highest BCUT2D eigenvalue weighted by molar-refractivity contribution is 6.01. The predicted molar refractivity (Wildman–Crippen MR) is 131 cm³/mol.